The normalized spacial score (nSPS) is 19.3. The summed E-state index contributed by atoms with van der Waals surface area (Å²) in [6, 6.07) is 0. The summed E-state index contributed by atoms with van der Waals surface area (Å²) < 4.78 is 0. The second-order valence-electron chi connectivity index (χ2n) is 33.3. The van der Waals surface area contributed by atoms with Crippen LogP contribution in [0.15, 0.2) is 0 Å². The zero-order valence-corrected chi connectivity index (χ0v) is 51.0. The third-order valence-electron chi connectivity index (χ3n) is 31.0. The largest absolute Gasteiger partial charge is 0.146 e. The Hall–Kier alpha value is -7.99. The summed E-state index contributed by atoms with van der Waals surface area (Å²) in [5, 5.41) is 89.7. The van der Waals surface area contributed by atoms with E-state index in [-0.39, 0.29) is 0 Å². The molecule has 5 aliphatic rings. The van der Waals surface area contributed by atoms with E-state index in [1.165, 1.54) is 0 Å². The molecule has 0 aromatic heterocycles. The van der Waals surface area contributed by atoms with E-state index in [1.54, 1.807) is 313 Å². The van der Waals surface area contributed by atoms with Gasteiger partial charge < -0.3 is 0 Å². The highest BCUT2D eigenvalue weighted by Gasteiger charge is 2.95. The highest BCUT2D eigenvalue weighted by Crippen LogP contribution is 2.96. The summed E-state index contributed by atoms with van der Waals surface area (Å²) in [5.74, 6) is 9.97. The van der Waals surface area contributed by atoms with E-state index in [4.69, 9.17) is 22.9 Å². The first-order valence-corrected chi connectivity index (χ1v) is 37.6. The van der Waals surface area contributed by atoms with Crippen molar-refractivity contribution in [3.63, 3.8) is 0 Å². The van der Waals surface area contributed by atoms with E-state index in [2.05, 4.69) is 83.1 Å². The van der Waals surface area contributed by atoms with Crippen molar-refractivity contribution in [1.82, 2.24) is 0 Å². The third-order valence-corrected chi connectivity index (χ3v) is 43.6. The predicted octanol–water partition coefficient (Wildman–Crippen LogP) is 23.7. The summed E-state index contributed by atoms with van der Waals surface area (Å²) in [6.07, 6.45) is 0. The zero-order valence-electron chi connectivity index (χ0n) is 49.0. The lowest BCUT2D eigenvalue weighted by Crippen LogP contribution is -2.44. The average molecular weight is 1100 g/mol. The fourth-order valence-corrected chi connectivity index (χ4v) is 40.8. The van der Waals surface area contributed by atoms with Crippen LogP contribution in [0.1, 0.15) is 105 Å². The molecule has 0 amide bonds. The maximum absolute atomic E-state index is 4.98. The quantitative estimate of drug-likeness (QED) is 0.0884. The lowest BCUT2D eigenvalue weighted by molar-refractivity contribution is 0.731. The molecule has 0 heterocycles. The van der Waals surface area contributed by atoms with Gasteiger partial charge in [0.05, 0.1) is 10.8 Å². The molecule has 0 nitrogen and oxygen atoms in total. The van der Waals surface area contributed by atoms with Crippen LogP contribution in [0.5, 0.6) is 0 Å². The Bertz CT molecular complexity index is 7260. The van der Waals surface area contributed by atoms with Crippen molar-refractivity contribution >= 4 is 307 Å². The van der Waals surface area contributed by atoms with Gasteiger partial charge in [0.15, 0.2) is 0 Å². The van der Waals surface area contributed by atoms with Crippen molar-refractivity contribution in [2.24, 2.45) is 5.41 Å². The van der Waals surface area contributed by atoms with Gasteiger partial charge in [0.25, 0.3) is 0 Å². The van der Waals surface area contributed by atoms with Crippen molar-refractivity contribution in [3.8, 4) is 22.9 Å². The molecule has 2 heteroatoms. The Morgan fingerprint density at radius 2 is 0.282 bits per heavy atom. The van der Waals surface area contributed by atoms with Crippen LogP contribution in [-0.2, 0) is 10.8 Å². The summed E-state index contributed by atoms with van der Waals surface area (Å²) in [6.45, 7) is 30.9. The Morgan fingerprint density at radius 1 is 0.176 bits per heavy atom. The van der Waals surface area contributed by atoms with E-state index in [0.717, 1.165) is 0 Å². The average Bonchev–Trinajstić information content (AvgIpc) is 1.36. The summed E-state index contributed by atoms with van der Waals surface area (Å²) >= 11 is 0. The maximum atomic E-state index is 4.98. The number of benzene rings is 18. The van der Waals surface area contributed by atoms with Crippen LogP contribution in [0, 0.1) is 28.3 Å². The van der Waals surface area contributed by atoms with Crippen LogP contribution in [0.2, 0.25) is 33.2 Å². The van der Waals surface area contributed by atoms with E-state index >= 15 is 0 Å². The SMILES string of the molecule is CC(C)[Si](C#CC1(C#C[Si](C(C)C)(C(C)C)C(C)C)C23c4c5c6c7c8c9c(c%10c%11c2c2c4c4c%12c5c5c6c6c8c8c%13c9c9c%10c%10c%11c%11c2c2c4c4c%12c%12c5c5c6c8c6c8c%13c9c9c%10c%10c%11c2c2c4c4c%12c5c6c5c8c9c%10c2c45)C713)(C(C)C)C(C)C. The molecule has 85 heavy (non-hydrogen) atoms. The van der Waals surface area contributed by atoms with Gasteiger partial charge in [-0.05, 0) is 346 Å². The summed E-state index contributed by atoms with van der Waals surface area (Å²) in [5.41, 5.74) is 18.0. The van der Waals surface area contributed by atoms with Gasteiger partial charge in [-0.2, -0.15) is 0 Å². The molecule has 0 saturated heterocycles. The second kappa shape index (κ2) is 9.00. The van der Waals surface area contributed by atoms with Crippen molar-refractivity contribution in [3.05, 3.63) is 22.3 Å². The maximum Gasteiger partial charge on any atom is 0.146 e. The first kappa shape index (κ1) is 38.1. The standard InChI is InChI=1S/C83H42Si2/c1-17(2)84(18(3)4,19(5)6)15-13-81(14-16-85(20(7)8,21(9)10)22(11)12)82-77-69-61-51-41-33-25-23-24-27-31-29(25)37-45-39(31)49-43-35(27)36-28(24)32-30-26(23)34(33)42-48-38(30)46-40(32)50-44(36)54-53(43)63-57(49)67-59(45)65(55(61)47(37)41)73(77)75(67)79-71(63)72-64(54)58(50)68-60(46)66-56(48)62(52(42)51)70(69)78(82)74(66)76(68)80(72)83(79,81)82/h17-22H,1-12H3. The number of rotatable bonds is 6. The number of hydrogen-bond acceptors (Lipinski definition) is 0. The fraction of sp³-hybridized carbons (Fsp3) is 0.253. The molecule has 0 atom stereocenters. The molecule has 33 rings (SSSR count). The Balaban J connectivity index is 1.04. The lowest BCUT2D eigenvalue weighted by atomic mass is 9.68. The minimum Gasteiger partial charge on any atom is -0.129 e. The van der Waals surface area contributed by atoms with Gasteiger partial charge in [-0.15, -0.1) is 11.1 Å². The monoisotopic (exact) mass is 1090 g/mol. The van der Waals surface area contributed by atoms with Crippen LogP contribution in [-0.4, -0.2) is 16.1 Å². The van der Waals surface area contributed by atoms with E-state index in [1.807, 2.05) is 0 Å². The van der Waals surface area contributed by atoms with E-state index in [9.17, 15) is 0 Å². The van der Waals surface area contributed by atoms with Crippen molar-refractivity contribution in [2.75, 3.05) is 0 Å². The van der Waals surface area contributed by atoms with Crippen LogP contribution in [0.4, 0.5) is 0 Å². The minimum absolute atomic E-state index is 0.471. The van der Waals surface area contributed by atoms with Crippen LogP contribution in [0.25, 0.3) is 291 Å². The first-order valence-electron chi connectivity index (χ1n) is 33.2. The van der Waals surface area contributed by atoms with Gasteiger partial charge in [-0.1, -0.05) is 94.9 Å². The van der Waals surface area contributed by atoms with Gasteiger partial charge in [-0.3, -0.25) is 0 Å². The van der Waals surface area contributed by atoms with Gasteiger partial charge in [0.1, 0.15) is 21.6 Å². The molecule has 382 valence electrons. The molecule has 28 aromatic rings. The van der Waals surface area contributed by atoms with Gasteiger partial charge >= 0.3 is 0 Å². The fourth-order valence-electron chi connectivity index (χ4n) is 30.2. The van der Waals surface area contributed by atoms with Crippen LogP contribution >= 0.6 is 0 Å². The highest BCUT2D eigenvalue weighted by molar-refractivity contribution is 6.92. The lowest BCUT2D eigenvalue weighted by Gasteiger charge is -2.38. The molecule has 0 aliphatic heterocycles. The Morgan fingerprint density at radius 3 is 0.388 bits per heavy atom. The van der Waals surface area contributed by atoms with E-state index < -0.39 is 32.4 Å². The van der Waals surface area contributed by atoms with E-state index in [0.29, 0.717) is 33.2 Å². The van der Waals surface area contributed by atoms with Gasteiger partial charge in [0, 0.05) is 0 Å². The molecular weight excluding hydrogens is 1050 g/mol. The third kappa shape index (κ3) is 2.24. The van der Waals surface area contributed by atoms with Gasteiger partial charge in [-0.25, -0.2) is 0 Å². The summed E-state index contributed by atoms with van der Waals surface area (Å²) in [4.78, 5) is 0. The minimum atomic E-state index is -2.37. The highest BCUT2D eigenvalue weighted by atomic mass is 28.3. The number of hydrogen-bond donors (Lipinski definition) is 0. The summed E-state index contributed by atoms with van der Waals surface area (Å²) in [7, 11) is -4.74. The smallest absolute Gasteiger partial charge is 0.129 e. The molecule has 0 N–H and O–H groups in total. The van der Waals surface area contributed by atoms with Crippen molar-refractivity contribution in [1.29, 1.82) is 0 Å². The van der Waals surface area contributed by atoms with Crippen molar-refractivity contribution < 1.29 is 0 Å². The van der Waals surface area contributed by atoms with Gasteiger partial charge in [0.2, 0.25) is 0 Å². The molecule has 2 spiro atoms. The molecule has 0 radical (unpaired) electrons. The molecular formula is C83H42Si2. The predicted molar refractivity (Wildman–Crippen MR) is 374 cm³/mol. The molecule has 0 bridgehead atoms. The van der Waals surface area contributed by atoms with Crippen LogP contribution < -0.4 is 0 Å². The zero-order chi connectivity index (χ0) is 54.3. The topological polar surface area (TPSA) is 0 Å². The molecule has 28 aromatic carbocycles. The molecule has 1 fully saturated rings. The first-order chi connectivity index (χ1) is 41.3. The molecule has 0 unspecified atom stereocenters. The van der Waals surface area contributed by atoms with Crippen molar-refractivity contribution in [2.45, 2.75) is 127 Å². The Labute approximate surface area is 481 Å². The molecule has 5 aliphatic carbocycles. The molecule has 1 saturated carbocycles. The second-order valence-corrected chi connectivity index (χ2v) is 44.5. The van der Waals surface area contributed by atoms with Crippen LogP contribution in [0.3, 0.4) is 0 Å². The Kier molecular flexibility index (Phi) is 4.04.